The molecule has 0 spiro atoms. The fourth-order valence-corrected chi connectivity index (χ4v) is 3.28. The number of benzene rings is 3. The lowest BCUT2D eigenvalue weighted by Crippen LogP contribution is -2.46. The fraction of sp³-hybridized carbons (Fsp3) is 0.0833. The average molecular weight is 414 g/mol. The highest BCUT2D eigenvalue weighted by atomic mass is 16.7. The van der Waals surface area contributed by atoms with Crippen LogP contribution in [0.25, 0.3) is 0 Å². The molecule has 0 fully saturated rings. The van der Waals surface area contributed by atoms with Gasteiger partial charge in [0.15, 0.2) is 0 Å². The lowest BCUT2D eigenvalue weighted by atomic mass is 10.1. The van der Waals surface area contributed by atoms with Crippen LogP contribution in [-0.2, 0) is 16.1 Å². The maximum absolute atomic E-state index is 12.9. The number of hydrogen-bond donors (Lipinski definition) is 1. The topological polar surface area (TPSA) is 92.8 Å². The Balaban J connectivity index is 1.54. The van der Waals surface area contributed by atoms with Crippen LogP contribution in [0.5, 0.6) is 0 Å². The molecule has 3 aromatic carbocycles. The SMILES string of the molecule is O=C(NC(Cc1ccccc1)C(=O)ON1C(=O)c2ccccc2C1=O)c1ccccc1. The third-order valence-electron chi connectivity index (χ3n) is 4.85. The molecule has 1 atom stereocenters. The Hall–Kier alpha value is -4.26. The molecule has 0 aliphatic carbocycles. The van der Waals surface area contributed by atoms with E-state index in [4.69, 9.17) is 4.84 Å². The van der Waals surface area contributed by atoms with Gasteiger partial charge in [0, 0.05) is 12.0 Å². The summed E-state index contributed by atoms with van der Waals surface area (Å²) in [5, 5.41) is 3.09. The number of fused-ring (bicyclic) bond motifs is 1. The Morgan fingerprint density at radius 1 is 0.774 bits per heavy atom. The normalized spacial score (nSPS) is 13.5. The molecule has 0 bridgehead atoms. The zero-order chi connectivity index (χ0) is 21.8. The zero-order valence-electron chi connectivity index (χ0n) is 16.4. The highest BCUT2D eigenvalue weighted by molar-refractivity contribution is 6.21. The molecule has 1 N–H and O–H groups in total. The van der Waals surface area contributed by atoms with Gasteiger partial charge in [0.2, 0.25) is 0 Å². The van der Waals surface area contributed by atoms with Crippen LogP contribution in [0, 0.1) is 0 Å². The Morgan fingerprint density at radius 2 is 1.29 bits per heavy atom. The number of hydroxylamine groups is 2. The Morgan fingerprint density at radius 3 is 1.87 bits per heavy atom. The van der Waals surface area contributed by atoms with Crippen LogP contribution in [0.3, 0.4) is 0 Å². The van der Waals surface area contributed by atoms with E-state index in [1.54, 1.807) is 66.7 Å². The molecule has 3 amide bonds. The second-order valence-corrected chi connectivity index (χ2v) is 6.94. The molecule has 1 aliphatic heterocycles. The van der Waals surface area contributed by atoms with E-state index in [9.17, 15) is 19.2 Å². The van der Waals surface area contributed by atoms with Gasteiger partial charge in [-0.3, -0.25) is 14.4 Å². The number of nitrogens with one attached hydrogen (secondary N) is 1. The number of nitrogens with zero attached hydrogens (tertiary/aromatic N) is 1. The number of rotatable bonds is 6. The van der Waals surface area contributed by atoms with Crippen molar-refractivity contribution in [3.8, 4) is 0 Å². The number of hydrogen-bond acceptors (Lipinski definition) is 5. The summed E-state index contributed by atoms with van der Waals surface area (Å²) in [6.07, 6.45) is 0.126. The summed E-state index contributed by atoms with van der Waals surface area (Å²) in [6.45, 7) is 0. The van der Waals surface area contributed by atoms with Crippen LogP contribution in [0.1, 0.15) is 36.6 Å². The van der Waals surface area contributed by atoms with Crippen molar-refractivity contribution >= 4 is 23.7 Å². The van der Waals surface area contributed by atoms with Crippen LogP contribution in [-0.4, -0.2) is 34.8 Å². The van der Waals surface area contributed by atoms with Crippen LogP contribution in [0.4, 0.5) is 0 Å². The number of carbonyl (C=O) groups is 4. The fourth-order valence-electron chi connectivity index (χ4n) is 3.28. The van der Waals surface area contributed by atoms with E-state index in [0.29, 0.717) is 10.6 Å². The lowest BCUT2D eigenvalue weighted by molar-refractivity contribution is -0.170. The van der Waals surface area contributed by atoms with Crippen molar-refractivity contribution in [2.75, 3.05) is 0 Å². The van der Waals surface area contributed by atoms with Crippen molar-refractivity contribution < 1.29 is 24.0 Å². The van der Waals surface area contributed by atoms with Gasteiger partial charge >= 0.3 is 5.97 Å². The predicted molar refractivity (Wildman–Crippen MR) is 111 cm³/mol. The summed E-state index contributed by atoms with van der Waals surface area (Å²) < 4.78 is 0. The molecular formula is C24H18N2O5. The van der Waals surface area contributed by atoms with Crippen molar-refractivity contribution in [1.29, 1.82) is 0 Å². The number of carbonyl (C=O) groups excluding carboxylic acids is 4. The van der Waals surface area contributed by atoms with E-state index >= 15 is 0 Å². The minimum atomic E-state index is -1.11. The number of amides is 3. The van der Waals surface area contributed by atoms with Gasteiger partial charge < -0.3 is 10.2 Å². The summed E-state index contributed by atoms with van der Waals surface area (Å²) >= 11 is 0. The molecule has 7 heteroatoms. The van der Waals surface area contributed by atoms with E-state index < -0.39 is 29.7 Å². The molecule has 31 heavy (non-hydrogen) atoms. The maximum Gasteiger partial charge on any atom is 0.355 e. The van der Waals surface area contributed by atoms with E-state index in [0.717, 1.165) is 5.56 Å². The largest absolute Gasteiger partial charge is 0.355 e. The molecule has 7 nitrogen and oxygen atoms in total. The van der Waals surface area contributed by atoms with Crippen LogP contribution in [0.15, 0.2) is 84.9 Å². The average Bonchev–Trinajstić information content (AvgIpc) is 3.05. The third-order valence-corrected chi connectivity index (χ3v) is 4.85. The van der Waals surface area contributed by atoms with Crippen molar-refractivity contribution in [3.63, 3.8) is 0 Å². The quantitative estimate of drug-likeness (QED) is 0.626. The second-order valence-electron chi connectivity index (χ2n) is 6.94. The van der Waals surface area contributed by atoms with Gasteiger partial charge in [-0.1, -0.05) is 65.7 Å². The summed E-state index contributed by atoms with van der Waals surface area (Å²) in [5.41, 5.74) is 1.47. The molecule has 0 saturated carbocycles. The first-order valence-electron chi connectivity index (χ1n) is 9.64. The van der Waals surface area contributed by atoms with Gasteiger partial charge in [0.25, 0.3) is 17.7 Å². The van der Waals surface area contributed by atoms with Crippen molar-refractivity contribution in [2.24, 2.45) is 0 Å². The van der Waals surface area contributed by atoms with Gasteiger partial charge in [0.1, 0.15) is 6.04 Å². The maximum atomic E-state index is 12.9. The highest BCUT2D eigenvalue weighted by Crippen LogP contribution is 2.23. The molecule has 0 radical (unpaired) electrons. The molecule has 0 saturated heterocycles. The summed E-state index contributed by atoms with van der Waals surface area (Å²) in [6, 6.07) is 22.6. The van der Waals surface area contributed by atoms with Crippen molar-refractivity contribution in [2.45, 2.75) is 12.5 Å². The standard InChI is InChI=1S/C24H18N2O5/c27-21(17-11-5-2-6-12-17)25-20(15-16-9-3-1-4-10-16)24(30)31-26-22(28)18-13-7-8-14-19(18)23(26)29/h1-14,20H,15H2,(H,25,27). The molecular weight excluding hydrogens is 396 g/mol. The molecule has 4 rings (SSSR count). The highest BCUT2D eigenvalue weighted by Gasteiger charge is 2.40. The van der Waals surface area contributed by atoms with Gasteiger partial charge in [-0.2, -0.15) is 0 Å². The van der Waals surface area contributed by atoms with E-state index in [-0.39, 0.29) is 17.5 Å². The summed E-state index contributed by atoms with van der Waals surface area (Å²) in [5.74, 6) is -2.83. The third kappa shape index (κ3) is 4.20. The first-order chi connectivity index (χ1) is 15.0. The van der Waals surface area contributed by atoms with Gasteiger partial charge in [-0.15, -0.1) is 0 Å². The van der Waals surface area contributed by atoms with E-state index in [1.165, 1.54) is 12.1 Å². The first-order valence-corrected chi connectivity index (χ1v) is 9.64. The van der Waals surface area contributed by atoms with Crippen LogP contribution in [0.2, 0.25) is 0 Å². The van der Waals surface area contributed by atoms with Crippen molar-refractivity contribution in [1.82, 2.24) is 10.4 Å². The van der Waals surface area contributed by atoms with Crippen LogP contribution < -0.4 is 5.32 Å². The van der Waals surface area contributed by atoms with Gasteiger partial charge in [-0.05, 0) is 29.8 Å². The smallest absolute Gasteiger partial charge is 0.338 e. The van der Waals surface area contributed by atoms with E-state index in [1.807, 2.05) is 6.07 Å². The van der Waals surface area contributed by atoms with Gasteiger partial charge in [-0.25, -0.2) is 4.79 Å². The first kappa shape index (κ1) is 20.0. The molecule has 3 aromatic rings. The Kier molecular flexibility index (Phi) is 5.57. The second kappa shape index (κ2) is 8.62. The summed E-state index contributed by atoms with van der Waals surface area (Å²) in [7, 11) is 0. The molecule has 0 aromatic heterocycles. The van der Waals surface area contributed by atoms with Crippen molar-refractivity contribution in [3.05, 3.63) is 107 Å². The monoisotopic (exact) mass is 414 g/mol. The Labute approximate surface area is 178 Å². The molecule has 154 valence electrons. The molecule has 1 aliphatic rings. The van der Waals surface area contributed by atoms with Gasteiger partial charge in [0.05, 0.1) is 11.1 Å². The van der Waals surface area contributed by atoms with E-state index in [2.05, 4.69) is 5.32 Å². The Bertz CT molecular complexity index is 1110. The predicted octanol–water partition coefficient (Wildman–Crippen LogP) is 2.78. The minimum absolute atomic E-state index is 0.126. The number of imide groups is 1. The summed E-state index contributed by atoms with van der Waals surface area (Å²) in [4.78, 5) is 55.7. The molecule has 1 unspecified atom stereocenters. The lowest BCUT2D eigenvalue weighted by Gasteiger charge is -2.20. The minimum Gasteiger partial charge on any atom is -0.338 e. The zero-order valence-corrected chi connectivity index (χ0v) is 16.4. The molecule has 1 heterocycles. The van der Waals surface area contributed by atoms with Crippen LogP contribution >= 0.6 is 0 Å².